The standard InChI is InChI=1S/C19H18F3NO5S/c20-19(21,22)28-15-6-8-17(9-7-15)29(25,26)23-11-10-18(24)27-16-5-4-13-2-1-3-14(13)12-16/h4-9,12,23H,1-3,10-11H2. The van der Waals surface area contributed by atoms with Crippen LogP contribution in [0.15, 0.2) is 47.4 Å². The van der Waals surface area contributed by atoms with E-state index in [-0.39, 0.29) is 17.9 Å². The second kappa shape index (κ2) is 8.42. The Labute approximate surface area is 165 Å². The van der Waals surface area contributed by atoms with Crippen LogP contribution in [0.25, 0.3) is 0 Å². The number of aryl methyl sites for hydroxylation is 2. The number of alkyl halides is 3. The number of rotatable bonds is 7. The molecule has 1 N–H and O–H groups in total. The van der Waals surface area contributed by atoms with Crippen molar-refractivity contribution in [2.45, 2.75) is 36.9 Å². The molecule has 0 unspecified atom stereocenters. The topological polar surface area (TPSA) is 81.7 Å². The van der Waals surface area contributed by atoms with E-state index in [0.29, 0.717) is 5.75 Å². The van der Waals surface area contributed by atoms with Crippen molar-refractivity contribution in [3.05, 3.63) is 53.6 Å². The molecule has 0 fully saturated rings. The highest BCUT2D eigenvalue weighted by atomic mass is 32.2. The Morgan fingerprint density at radius 1 is 1.00 bits per heavy atom. The summed E-state index contributed by atoms with van der Waals surface area (Å²) in [5.41, 5.74) is 2.39. The molecule has 0 heterocycles. The lowest BCUT2D eigenvalue weighted by Crippen LogP contribution is -2.27. The van der Waals surface area contributed by atoms with Crippen molar-refractivity contribution in [3.63, 3.8) is 0 Å². The summed E-state index contributed by atoms with van der Waals surface area (Å²) in [5.74, 6) is -0.715. The molecule has 0 bridgehead atoms. The molecule has 0 radical (unpaired) electrons. The SMILES string of the molecule is O=C(CCNS(=O)(=O)c1ccc(OC(F)(F)F)cc1)Oc1ccc2c(c1)CCC2. The number of esters is 1. The third kappa shape index (κ3) is 5.94. The van der Waals surface area contributed by atoms with Gasteiger partial charge in [-0.2, -0.15) is 0 Å². The average molecular weight is 429 g/mol. The third-order valence-corrected chi connectivity index (χ3v) is 5.77. The van der Waals surface area contributed by atoms with Crippen LogP contribution < -0.4 is 14.2 Å². The highest BCUT2D eigenvalue weighted by molar-refractivity contribution is 7.89. The van der Waals surface area contributed by atoms with Gasteiger partial charge in [-0.3, -0.25) is 4.79 Å². The van der Waals surface area contributed by atoms with E-state index in [4.69, 9.17) is 4.74 Å². The summed E-state index contributed by atoms with van der Waals surface area (Å²) in [6, 6.07) is 9.18. The van der Waals surface area contributed by atoms with Crippen molar-refractivity contribution >= 4 is 16.0 Å². The minimum Gasteiger partial charge on any atom is -0.426 e. The fraction of sp³-hybridized carbons (Fsp3) is 0.316. The Morgan fingerprint density at radius 2 is 1.66 bits per heavy atom. The highest BCUT2D eigenvalue weighted by Crippen LogP contribution is 2.26. The van der Waals surface area contributed by atoms with Crippen LogP contribution in [0, 0.1) is 0 Å². The monoisotopic (exact) mass is 429 g/mol. The first-order valence-corrected chi connectivity index (χ1v) is 10.3. The Bertz CT molecular complexity index is 988. The van der Waals surface area contributed by atoms with Gasteiger partial charge in [-0.05, 0) is 66.8 Å². The Hall–Kier alpha value is -2.59. The van der Waals surface area contributed by atoms with Gasteiger partial charge in [0.25, 0.3) is 0 Å². The zero-order chi connectivity index (χ0) is 21.1. The number of benzene rings is 2. The number of hydrogen-bond donors (Lipinski definition) is 1. The van der Waals surface area contributed by atoms with E-state index in [1.54, 1.807) is 6.07 Å². The van der Waals surface area contributed by atoms with Gasteiger partial charge < -0.3 is 9.47 Å². The van der Waals surface area contributed by atoms with Gasteiger partial charge in [0.05, 0.1) is 11.3 Å². The lowest BCUT2D eigenvalue weighted by atomic mass is 10.1. The van der Waals surface area contributed by atoms with Crippen molar-refractivity contribution < 1.29 is 35.9 Å². The maximum atomic E-state index is 12.2. The van der Waals surface area contributed by atoms with Gasteiger partial charge in [-0.25, -0.2) is 13.1 Å². The van der Waals surface area contributed by atoms with Crippen molar-refractivity contribution in [2.24, 2.45) is 0 Å². The summed E-state index contributed by atoms with van der Waals surface area (Å²) in [7, 11) is -3.99. The van der Waals surface area contributed by atoms with Crippen LogP contribution in [0.1, 0.15) is 24.0 Å². The van der Waals surface area contributed by atoms with E-state index in [1.807, 2.05) is 12.1 Å². The smallest absolute Gasteiger partial charge is 0.426 e. The van der Waals surface area contributed by atoms with Crippen molar-refractivity contribution in [1.82, 2.24) is 4.72 Å². The predicted molar refractivity (Wildman–Crippen MR) is 97.0 cm³/mol. The van der Waals surface area contributed by atoms with Crippen LogP contribution in [0.3, 0.4) is 0 Å². The average Bonchev–Trinajstić information content (AvgIpc) is 3.08. The lowest BCUT2D eigenvalue weighted by molar-refractivity contribution is -0.274. The quantitative estimate of drug-likeness (QED) is 0.539. The molecule has 0 spiro atoms. The summed E-state index contributed by atoms with van der Waals surface area (Å²) in [5, 5.41) is 0. The van der Waals surface area contributed by atoms with Crippen LogP contribution in [0.4, 0.5) is 13.2 Å². The van der Waals surface area contributed by atoms with E-state index in [1.165, 1.54) is 5.56 Å². The maximum absolute atomic E-state index is 12.2. The first-order valence-electron chi connectivity index (χ1n) is 8.80. The van der Waals surface area contributed by atoms with Crippen LogP contribution in [0.5, 0.6) is 11.5 Å². The van der Waals surface area contributed by atoms with E-state index >= 15 is 0 Å². The van der Waals surface area contributed by atoms with E-state index in [0.717, 1.165) is 49.1 Å². The molecule has 0 aliphatic heterocycles. The zero-order valence-electron chi connectivity index (χ0n) is 15.2. The van der Waals surface area contributed by atoms with E-state index in [2.05, 4.69) is 9.46 Å². The molecule has 156 valence electrons. The van der Waals surface area contributed by atoms with Crippen LogP contribution >= 0.6 is 0 Å². The number of halogens is 3. The molecule has 0 saturated carbocycles. The minimum atomic E-state index is -4.86. The van der Waals surface area contributed by atoms with Crippen molar-refractivity contribution in [3.8, 4) is 11.5 Å². The highest BCUT2D eigenvalue weighted by Gasteiger charge is 2.31. The summed E-state index contributed by atoms with van der Waals surface area (Å²) in [6.07, 6.45) is -2.05. The zero-order valence-corrected chi connectivity index (χ0v) is 16.0. The number of carbonyl (C=O) groups is 1. The largest absolute Gasteiger partial charge is 0.573 e. The van der Waals surface area contributed by atoms with Crippen LogP contribution in [-0.2, 0) is 27.7 Å². The third-order valence-electron chi connectivity index (χ3n) is 4.29. The Kier molecular flexibility index (Phi) is 6.13. The van der Waals surface area contributed by atoms with E-state index in [9.17, 15) is 26.4 Å². The number of carbonyl (C=O) groups excluding carboxylic acids is 1. The van der Waals surface area contributed by atoms with E-state index < -0.39 is 28.1 Å². The van der Waals surface area contributed by atoms with Crippen LogP contribution in [0.2, 0.25) is 0 Å². The summed E-state index contributed by atoms with van der Waals surface area (Å²) in [4.78, 5) is 11.7. The fourth-order valence-electron chi connectivity index (χ4n) is 2.99. The van der Waals surface area contributed by atoms with Crippen molar-refractivity contribution in [2.75, 3.05) is 6.54 Å². The summed E-state index contributed by atoms with van der Waals surface area (Å²) in [6.45, 7) is -0.215. The van der Waals surface area contributed by atoms with Gasteiger partial charge in [0, 0.05) is 6.54 Å². The molecule has 0 atom stereocenters. The molecule has 1 aliphatic rings. The van der Waals surface area contributed by atoms with Gasteiger partial charge in [0.2, 0.25) is 10.0 Å². The fourth-order valence-corrected chi connectivity index (χ4v) is 4.02. The molecule has 0 saturated heterocycles. The summed E-state index contributed by atoms with van der Waals surface area (Å²) >= 11 is 0. The molecule has 3 rings (SSSR count). The number of hydrogen-bond acceptors (Lipinski definition) is 5. The normalized spacial score (nSPS) is 13.8. The first kappa shape index (κ1) is 21.1. The first-order chi connectivity index (χ1) is 13.6. The number of fused-ring (bicyclic) bond motifs is 1. The molecular weight excluding hydrogens is 411 g/mol. The number of sulfonamides is 1. The second-order valence-electron chi connectivity index (χ2n) is 6.43. The van der Waals surface area contributed by atoms with Gasteiger partial charge in [0.1, 0.15) is 11.5 Å². The Balaban J connectivity index is 1.50. The predicted octanol–water partition coefficient (Wildman–Crippen LogP) is 3.35. The van der Waals surface area contributed by atoms with Crippen molar-refractivity contribution in [1.29, 1.82) is 0 Å². The molecule has 1 aliphatic carbocycles. The lowest BCUT2D eigenvalue weighted by Gasteiger charge is -2.10. The maximum Gasteiger partial charge on any atom is 0.573 e. The molecular formula is C19H18F3NO5S. The molecule has 29 heavy (non-hydrogen) atoms. The van der Waals surface area contributed by atoms with Crippen LogP contribution in [-0.4, -0.2) is 27.3 Å². The number of nitrogens with one attached hydrogen (secondary N) is 1. The summed E-state index contributed by atoms with van der Waals surface area (Å²) < 4.78 is 71.9. The Morgan fingerprint density at radius 3 is 2.34 bits per heavy atom. The van der Waals surface area contributed by atoms with Gasteiger partial charge in [0.15, 0.2) is 0 Å². The molecule has 6 nitrogen and oxygen atoms in total. The molecule has 2 aromatic carbocycles. The molecule has 10 heteroatoms. The second-order valence-corrected chi connectivity index (χ2v) is 8.19. The van der Waals surface area contributed by atoms with Gasteiger partial charge >= 0.3 is 12.3 Å². The van der Waals surface area contributed by atoms with Gasteiger partial charge in [-0.1, -0.05) is 6.07 Å². The van der Waals surface area contributed by atoms with Gasteiger partial charge in [-0.15, -0.1) is 13.2 Å². The minimum absolute atomic E-state index is 0.203. The molecule has 0 amide bonds. The molecule has 0 aromatic heterocycles. The molecule has 2 aromatic rings. The number of ether oxygens (including phenoxy) is 2.